The number of ether oxygens (including phenoxy) is 1. The Kier molecular flexibility index (Phi) is 15.3. The van der Waals surface area contributed by atoms with Crippen molar-refractivity contribution in [2.75, 3.05) is 71.5 Å². The fourth-order valence-corrected chi connectivity index (χ4v) is 7.65. The van der Waals surface area contributed by atoms with Crippen LogP contribution >= 0.6 is 0 Å². The summed E-state index contributed by atoms with van der Waals surface area (Å²) in [6, 6.07) is 23.9. The summed E-state index contributed by atoms with van der Waals surface area (Å²) < 4.78 is 51.0. The zero-order valence-electron chi connectivity index (χ0n) is 29.5. The first-order valence-electron chi connectivity index (χ1n) is 17.5. The van der Waals surface area contributed by atoms with Crippen molar-refractivity contribution in [1.82, 2.24) is 14.7 Å². The number of carbonyl (C=O) groups excluding carboxylic acids is 1. The number of benzene rings is 3. The average molecular weight is 728 g/mol. The van der Waals surface area contributed by atoms with Gasteiger partial charge in [-0.05, 0) is 98.5 Å². The second kappa shape index (κ2) is 19.4. The van der Waals surface area contributed by atoms with Crippen LogP contribution in [0.25, 0.3) is 0 Å². The molecular formula is C38H53N3O7S2. The first-order chi connectivity index (χ1) is 23.9. The van der Waals surface area contributed by atoms with E-state index in [9.17, 15) is 21.6 Å². The lowest BCUT2D eigenvalue weighted by molar-refractivity contribution is 0.0609. The smallest absolute Gasteiger partial charge is 0.410 e. The summed E-state index contributed by atoms with van der Waals surface area (Å²) in [4.78, 5) is 20.1. The molecule has 2 aliphatic rings. The van der Waals surface area contributed by atoms with Crippen LogP contribution in [-0.2, 0) is 43.9 Å². The molecule has 0 bridgehead atoms. The van der Waals surface area contributed by atoms with Gasteiger partial charge in [-0.25, -0.2) is 21.6 Å². The van der Waals surface area contributed by atoms with E-state index in [-0.39, 0.29) is 12.7 Å². The number of rotatable bonds is 13. The van der Waals surface area contributed by atoms with Gasteiger partial charge >= 0.3 is 6.09 Å². The Bertz CT molecular complexity index is 1680. The molecule has 5 rings (SSSR count). The Morgan fingerprint density at radius 3 is 1.82 bits per heavy atom. The van der Waals surface area contributed by atoms with Gasteiger partial charge in [-0.3, -0.25) is 4.90 Å². The van der Waals surface area contributed by atoms with Crippen molar-refractivity contribution in [2.24, 2.45) is 5.92 Å². The maximum atomic E-state index is 12.4. The van der Waals surface area contributed by atoms with Crippen molar-refractivity contribution in [2.45, 2.75) is 54.9 Å². The zero-order valence-corrected chi connectivity index (χ0v) is 31.1. The lowest BCUT2D eigenvalue weighted by Crippen LogP contribution is -2.51. The van der Waals surface area contributed by atoms with E-state index >= 15 is 0 Å². The van der Waals surface area contributed by atoms with E-state index in [1.165, 1.54) is 30.9 Å². The lowest BCUT2D eigenvalue weighted by Gasteiger charge is -2.39. The van der Waals surface area contributed by atoms with Crippen LogP contribution in [0.15, 0.2) is 88.7 Å². The number of likely N-dealkylation sites (tertiary alicyclic amines) is 1. The minimum atomic E-state index is -3.13. The average Bonchev–Trinajstić information content (AvgIpc) is 3.10. The number of amides is 1. The monoisotopic (exact) mass is 727 g/mol. The van der Waals surface area contributed by atoms with Crippen LogP contribution < -0.4 is 0 Å². The maximum absolute atomic E-state index is 12.4. The molecule has 274 valence electrons. The van der Waals surface area contributed by atoms with Crippen molar-refractivity contribution in [3.63, 3.8) is 0 Å². The van der Waals surface area contributed by atoms with Crippen LogP contribution in [0.2, 0.25) is 0 Å². The molecular weight excluding hydrogens is 675 g/mol. The van der Waals surface area contributed by atoms with Crippen LogP contribution in [0, 0.1) is 5.92 Å². The van der Waals surface area contributed by atoms with Gasteiger partial charge < -0.3 is 19.6 Å². The zero-order chi connectivity index (χ0) is 36.0. The third kappa shape index (κ3) is 13.4. The number of hydrogen-bond acceptors (Lipinski definition) is 9. The van der Waals surface area contributed by atoms with Gasteiger partial charge in [0.05, 0.1) is 9.79 Å². The summed E-state index contributed by atoms with van der Waals surface area (Å²) in [5, 5.41) is 8.62. The molecule has 2 aliphatic heterocycles. The van der Waals surface area contributed by atoms with Crippen molar-refractivity contribution in [3.05, 3.63) is 95.6 Å². The number of hydrogen-bond donors (Lipinski definition) is 1. The van der Waals surface area contributed by atoms with Crippen molar-refractivity contribution < 1.29 is 31.5 Å². The van der Waals surface area contributed by atoms with E-state index in [2.05, 4.69) is 9.80 Å². The summed E-state index contributed by atoms with van der Waals surface area (Å²) in [5.74, 6) is 0.671. The third-order valence-corrected chi connectivity index (χ3v) is 11.5. The number of carbonyl (C=O) groups is 1. The van der Waals surface area contributed by atoms with Crippen LogP contribution in [-0.4, -0.2) is 114 Å². The van der Waals surface area contributed by atoms with Crippen LogP contribution in [0.5, 0.6) is 0 Å². The SMILES string of the molecule is CS(=O)(=O)c1ccc(CCCN2CCC[C@@H](CN3CCN(C(=O)OCc4ccccc4)CC3)C2)cc1.CS(=O)(=O)c1ccc(CCCO)cc1. The fraction of sp³-hybridized carbons (Fsp3) is 0.500. The predicted octanol–water partition coefficient (Wildman–Crippen LogP) is 4.70. The molecule has 0 spiro atoms. The summed E-state index contributed by atoms with van der Waals surface area (Å²) in [5.41, 5.74) is 3.25. The molecule has 3 aromatic carbocycles. The minimum Gasteiger partial charge on any atom is -0.445 e. The Hall–Kier alpha value is -3.29. The van der Waals surface area contributed by atoms with Crippen LogP contribution in [0.1, 0.15) is 42.4 Å². The van der Waals surface area contributed by atoms with Gasteiger partial charge in [0.1, 0.15) is 6.61 Å². The number of nitrogens with zero attached hydrogens (tertiary/aromatic N) is 3. The predicted molar refractivity (Wildman–Crippen MR) is 197 cm³/mol. The minimum absolute atomic E-state index is 0.161. The molecule has 0 aliphatic carbocycles. The van der Waals surface area contributed by atoms with Crippen molar-refractivity contribution in [3.8, 4) is 0 Å². The molecule has 2 fully saturated rings. The molecule has 50 heavy (non-hydrogen) atoms. The Labute approximate surface area is 298 Å². The topological polar surface area (TPSA) is 125 Å². The van der Waals surface area contributed by atoms with Gasteiger partial charge in [0, 0.05) is 58.4 Å². The summed E-state index contributed by atoms with van der Waals surface area (Å²) in [7, 11) is -6.22. The highest BCUT2D eigenvalue weighted by molar-refractivity contribution is 7.91. The normalized spacial score (nSPS) is 17.5. The number of piperazine rings is 1. The molecule has 1 amide bonds. The molecule has 3 aromatic rings. The first kappa shape index (κ1) is 39.5. The fourth-order valence-electron chi connectivity index (χ4n) is 6.39. The molecule has 0 saturated carbocycles. The molecule has 0 radical (unpaired) electrons. The van der Waals surface area contributed by atoms with Gasteiger partial charge in [0.15, 0.2) is 19.7 Å². The quantitative estimate of drug-likeness (QED) is 0.267. The van der Waals surface area contributed by atoms with E-state index in [0.29, 0.717) is 28.7 Å². The standard InChI is InChI=1S/C28H39N3O4S.C10H14O3S/c1-36(33,34)27-13-11-24(12-14-27)9-5-15-29-16-6-10-26(21-29)22-30-17-19-31(20-18-30)28(32)35-23-25-7-3-2-4-8-25;1-14(12,13)10-6-4-9(5-7-10)3-2-8-11/h2-4,7-8,11-14,26H,5-6,9-10,15-23H2,1H3;4-7,11H,2-3,8H2,1H3/t26-;/m1./s1. The van der Waals surface area contributed by atoms with Gasteiger partial charge in [-0.15, -0.1) is 0 Å². The van der Waals surface area contributed by atoms with E-state index in [0.717, 1.165) is 82.7 Å². The van der Waals surface area contributed by atoms with E-state index in [1.54, 1.807) is 36.4 Å². The van der Waals surface area contributed by atoms with Gasteiger partial charge in [0.2, 0.25) is 0 Å². The number of aliphatic hydroxyl groups is 1. The largest absolute Gasteiger partial charge is 0.445 e. The summed E-state index contributed by atoms with van der Waals surface area (Å²) in [6.07, 6.45) is 8.25. The highest BCUT2D eigenvalue weighted by atomic mass is 32.2. The van der Waals surface area contributed by atoms with E-state index < -0.39 is 19.7 Å². The Morgan fingerprint density at radius 2 is 1.28 bits per heavy atom. The Balaban J connectivity index is 0.000000337. The number of sulfone groups is 2. The van der Waals surface area contributed by atoms with Gasteiger partial charge in [-0.1, -0.05) is 54.6 Å². The molecule has 2 heterocycles. The number of piperidine rings is 1. The van der Waals surface area contributed by atoms with Crippen LogP contribution in [0.4, 0.5) is 4.79 Å². The summed E-state index contributed by atoms with van der Waals surface area (Å²) in [6.45, 7) is 8.20. The number of aryl methyl sites for hydroxylation is 2. The Morgan fingerprint density at radius 1 is 0.720 bits per heavy atom. The first-order valence-corrected chi connectivity index (χ1v) is 21.3. The number of aliphatic hydroxyl groups excluding tert-OH is 1. The second-order valence-corrected chi connectivity index (χ2v) is 17.4. The highest BCUT2D eigenvalue weighted by Crippen LogP contribution is 2.20. The third-order valence-electron chi connectivity index (χ3n) is 9.22. The molecule has 1 atom stereocenters. The summed E-state index contributed by atoms with van der Waals surface area (Å²) >= 11 is 0. The lowest BCUT2D eigenvalue weighted by atomic mass is 9.96. The molecule has 2 saturated heterocycles. The van der Waals surface area contributed by atoms with Crippen LogP contribution in [0.3, 0.4) is 0 Å². The van der Waals surface area contributed by atoms with Crippen molar-refractivity contribution in [1.29, 1.82) is 0 Å². The maximum Gasteiger partial charge on any atom is 0.410 e. The molecule has 12 heteroatoms. The van der Waals surface area contributed by atoms with E-state index in [1.807, 2.05) is 47.4 Å². The molecule has 0 aromatic heterocycles. The molecule has 10 nitrogen and oxygen atoms in total. The highest BCUT2D eigenvalue weighted by Gasteiger charge is 2.26. The molecule has 1 N–H and O–H groups in total. The second-order valence-electron chi connectivity index (χ2n) is 13.4. The van der Waals surface area contributed by atoms with E-state index in [4.69, 9.17) is 9.84 Å². The molecule has 0 unspecified atom stereocenters. The van der Waals surface area contributed by atoms with Crippen molar-refractivity contribution >= 4 is 25.8 Å². The van der Waals surface area contributed by atoms with Gasteiger partial charge in [0.25, 0.3) is 0 Å². The van der Waals surface area contributed by atoms with Gasteiger partial charge in [-0.2, -0.15) is 0 Å².